The summed E-state index contributed by atoms with van der Waals surface area (Å²) in [5, 5.41) is 3.23. The number of amides is 1. The Morgan fingerprint density at radius 2 is 2.17 bits per heavy atom. The van der Waals surface area contributed by atoms with Crippen molar-refractivity contribution in [3.8, 4) is 0 Å². The van der Waals surface area contributed by atoms with Gasteiger partial charge >= 0.3 is 0 Å². The van der Waals surface area contributed by atoms with Crippen molar-refractivity contribution >= 4 is 5.91 Å². The lowest BCUT2D eigenvalue weighted by Gasteiger charge is -2.34. The highest BCUT2D eigenvalue weighted by molar-refractivity contribution is 5.86. The third-order valence-corrected chi connectivity index (χ3v) is 3.37. The number of primary amides is 1. The molecule has 1 amide bonds. The summed E-state index contributed by atoms with van der Waals surface area (Å²) in [5.74, 6) is -0.839. The van der Waals surface area contributed by atoms with Gasteiger partial charge in [-0.1, -0.05) is 26.0 Å². The summed E-state index contributed by atoms with van der Waals surface area (Å²) >= 11 is 0. The molecule has 2 unspecified atom stereocenters. The molecule has 18 heavy (non-hydrogen) atoms. The van der Waals surface area contributed by atoms with Gasteiger partial charge in [0.15, 0.2) is 0 Å². The molecule has 0 aliphatic carbocycles. The summed E-state index contributed by atoms with van der Waals surface area (Å²) in [5.41, 5.74) is 5.12. The Balaban J connectivity index is 3.22. The van der Waals surface area contributed by atoms with E-state index in [0.29, 0.717) is 12.0 Å². The molecule has 0 aliphatic rings. The summed E-state index contributed by atoms with van der Waals surface area (Å²) in [7, 11) is 0. The lowest BCUT2D eigenvalue weighted by Crippen LogP contribution is -2.55. The van der Waals surface area contributed by atoms with Crippen LogP contribution < -0.4 is 11.1 Å². The fourth-order valence-electron chi connectivity index (χ4n) is 2.05. The Morgan fingerprint density at radius 1 is 1.50 bits per heavy atom. The van der Waals surface area contributed by atoms with E-state index in [1.807, 2.05) is 20.8 Å². The topological polar surface area (TPSA) is 55.1 Å². The van der Waals surface area contributed by atoms with E-state index in [2.05, 4.69) is 5.32 Å². The molecule has 0 fully saturated rings. The maximum Gasteiger partial charge on any atom is 0.242 e. The van der Waals surface area contributed by atoms with Crippen molar-refractivity contribution < 1.29 is 9.18 Å². The number of carbonyl (C=O) groups is 1. The van der Waals surface area contributed by atoms with Crippen LogP contribution in [0.3, 0.4) is 0 Å². The van der Waals surface area contributed by atoms with E-state index in [4.69, 9.17) is 5.73 Å². The molecule has 1 aromatic rings. The first-order valence-corrected chi connectivity index (χ1v) is 6.30. The van der Waals surface area contributed by atoms with Gasteiger partial charge in [0.25, 0.3) is 0 Å². The van der Waals surface area contributed by atoms with E-state index in [1.54, 1.807) is 12.1 Å². The van der Waals surface area contributed by atoms with Gasteiger partial charge in [-0.25, -0.2) is 4.39 Å². The number of rotatable bonds is 6. The zero-order chi connectivity index (χ0) is 13.8. The van der Waals surface area contributed by atoms with Crippen molar-refractivity contribution in [1.82, 2.24) is 5.32 Å². The van der Waals surface area contributed by atoms with Crippen LogP contribution in [0.4, 0.5) is 4.39 Å². The molecule has 1 aromatic carbocycles. The average molecular weight is 252 g/mol. The van der Waals surface area contributed by atoms with E-state index >= 15 is 0 Å². The Hall–Kier alpha value is -1.42. The van der Waals surface area contributed by atoms with Gasteiger partial charge in [0, 0.05) is 6.04 Å². The maximum atomic E-state index is 13.3. The molecule has 4 heteroatoms. The van der Waals surface area contributed by atoms with Crippen LogP contribution in [0.5, 0.6) is 0 Å². The molecule has 0 saturated carbocycles. The Kier molecular flexibility index (Phi) is 4.84. The Labute approximate surface area is 108 Å². The molecule has 0 bridgehead atoms. The largest absolute Gasteiger partial charge is 0.368 e. The number of carbonyl (C=O) groups excluding carboxylic acids is 1. The molecular formula is C14H21FN2O. The molecule has 3 nitrogen and oxygen atoms in total. The van der Waals surface area contributed by atoms with Crippen molar-refractivity contribution in [1.29, 1.82) is 0 Å². The fourth-order valence-corrected chi connectivity index (χ4v) is 2.05. The second kappa shape index (κ2) is 5.96. The highest BCUT2D eigenvalue weighted by atomic mass is 19.1. The van der Waals surface area contributed by atoms with Gasteiger partial charge in [0.2, 0.25) is 5.91 Å². The second-order valence-electron chi connectivity index (χ2n) is 4.59. The van der Waals surface area contributed by atoms with Crippen molar-refractivity contribution in [2.24, 2.45) is 5.73 Å². The average Bonchev–Trinajstić information content (AvgIpc) is 2.35. The molecule has 0 saturated heterocycles. The van der Waals surface area contributed by atoms with Crippen LogP contribution >= 0.6 is 0 Å². The number of benzene rings is 1. The second-order valence-corrected chi connectivity index (χ2v) is 4.59. The van der Waals surface area contributed by atoms with Crippen LogP contribution in [0, 0.1) is 5.82 Å². The predicted octanol–water partition coefficient (Wildman–Crippen LogP) is 2.30. The molecule has 0 heterocycles. The number of halogens is 1. The van der Waals surface area contributed by atoms with Gasteiger partial charge in [-0.3, -0.25) is 10.1 Å². The number of nitrogens with two attached hydrogens (primary N) is 1. The van der Waals surface area contributed by atoms with Gasteiger partial charge in [-0.2, -0.15) is 0 Å². The monoisotopic (exact) mass is 252 g/mol. The van der Waals surface area contributed by atoms with Crippen LogP contribution in [-0.2, 0) is 10.3 Å². The number of hydrogen-bond donors (Lipinski definition) is 2. The fraction of sp³-hybridized carbons (Fsp3) is 0.500. The van der Waals surface area contributed by atoms with Crippen LogP contribution in [0.2, 0.25) is 0 Å². The Morgan fingerprint density at radius 3 is 2.61 bits per heavy atom. The van der Waals surface area contributed by atoms with Crippen molar-refractivity contribution in [2.45, 2.75) is 45.2 Å². The lowest BCUT2D eigenvalue weighted by atomic mass is 9.85. The smallest absolute Gasteiger partial charge is 0.242 e. The first kappa shape index (κ1) is 14.6. The normalized spacial score (nSPS) is 16.0. The molecular weight excluding hydrogens is 231 g/mol. The zero-order valence-electron chi connectivity index (χ0n) is 11.2. The first-order chi connectivity index (χ1) is 8.46. The minimum atomic E-state index is -1.00. The first-order valence-electron chi connectivity index (χ1n) is 6.30. The number of nitrogens with one attached hydrogen (secondary N) is 1. The summed E-state index contributed by atoms with van der Waals surface area (Å²) < 4.78 is 13.3. The molecule has 0 radical (unpaired) electrons. The Bertz CT molecular complexity index is 422. The van der Waals surface area contributed by atoms with Crippen LogP contribution in [-0.4, -0.2) is 11.9 Å². The predicted molar refractivity (Wildman–Crippen MR) is 70.5 cm³/mol. The third kappa shape index (κ3) is 2.88. The highest BCUT2D eigenvalue weighted by Gasteiger charge is 2.37. The third-order valence-electron chi connectivity index (χ3n) is 3.37. The standard InChI is InChI=1S/C14H21FN2O/c1-4-10(3)17-14(5-2,13(16)18)11-7-6-8-12(15)9-11/h6-10,17H,4-5H2,1-3H3,(H2,16,18). The van der Waals surface area contributed by atoms with Gasteiger partial charge in [0.1, 0.15) is 11.4 Å². The van der Waals surface area contributed by atoms with Crippen LogP contribution in [0.1, 0.15) is 39.2 Å². The van der Waals surface area contributed by atoms with Gasteiger partial charge in [0.05, 0.1) is 0 Å². The van der Waals surface area contributed by atoms with Crippen molar-refractivity contribution in [3.63, 3.8) is 0 Å². The van der Waals surface area contributed by atoms with E-state index in [1.165, 1.54) is 12.1 Å². The molecule has 100 valence electrons. The van der Waals surface area contributed by atoms with Crippen LogP contribution in [0.25, 0.3) is 0 Å². The van der Waals surface area contributed by atoms with E-state index in [0.717, 1.165) is 6.42 Å². The zero-order valence-corrected chi connectivity index (χ0v) is 11.2. The summed E-state index contributed by atoms with van der Waals surface area (Å²) in [6, 6.07) is 6.17. The van der Waals surface area contributed by atoms with E-state index < -0.39 is 11.4 Å². The number of hydrogen-bond acceptors (Lipinski definition) is 2. The molecule has 0 aromatic heterocycles. The van der Waals surface area contributed by atoms with Crippen molar-refractivity contribution in [2.75, 3.05) is 0 Å². The van der Waals surface area contributed by atoms with Crippen LogP contribution in [0.15, 0.2) is 24.3 Å². The van der Waals surface area contributed by atoms with E-state index in [-0.39, 0.29) is 11.9 Å². The minimum Gasteiger partial charge on any atom is -0.368 e. The summed E-state index contributed by atoms with van der Waals surface area (Å²) in [6.07, 6.45) is 1.35. The highest BCUT2D eigenvalue weighted by Crippen LogP contribution is 2.26. The molecule has 2 atom stereocenters. The SMILES string of the molecule is CCC(C)NC(CC)(C(N)=O)c1cccc(F)c1. The maximum absolute atomic E-state index is 13.3. The molecule has 1 rings (SSSR count). The van der Waals surface area contributed by atoms with Gasteiger partial charge in [-0.05, 0) is 37.5 Å². The molecule has 0 spiro atoms. The quantitative estimate of drug-likeness (QED) is 0.816. The summed E-state index contributed by atoms with van der Waals surface area (Å²) in [4.78, 5) is 11.9. The summed E-state index contributed by atoms with van der Waals surface area (Å²) in [6.45, 7) is 5.86. The lowest BCUT2D eigenvalue weighted by molar-refractivity contribution is -0.125. The minimum absolute atomic E-state index is 0.126. The molecule has 3 N–H and O–H groups in total. The van der Waals surface area contributed by atoms with E-state index in [9.17, 15) is 9.18 Å². The van der Waals surface area contributed by atoms with Gasteiger partial charge in [-0.15, -0.1) is 0 Å². The molecule has 0 aliphatic heterocycles. The van der Waals surface area contributed by atoms with Gasteiger partial charge < -0.3 is 5.73 Å². The van der Waals surface area contributed by atoms with Crippen molar-refractivity contribution in [3.05, 3.63) is 35.6 Å².